The summed E-state index contributed by atoms with van der Waals surface area (Å²) >= 11 is 2.87. The van der Waals surface area contributed by atoms with E-state index in [1.807, 2.05) is 34.9 Å². The summed E-state index contributed by atoms with van der Waals surface area (Å²) in [4.78, 5) is 45.2. The lowest BCUT2D eigenvalue weighted by molar-refractivity contribution is -0.117. The second-order valence-electron chi connectivity index (χ2n) is 8.90. The van der Waals surface area contributed by atoms with Gasteiger partial charge < -0.3 is 5.32 Å². The largest absolute Gasteiger partial charge is 0.334 e. The van der Waals surface area contributed by atoms with Crippen molar-refractivity contribution in [1.29, 1.82) is 0 Å². The number of hydrogen-bond donors (Lipinski definition) is 2. The van der Waals surface area contributed by atoms with Gasteiger partial charge in [-0.05, 0) is 49.7 Å². The first-order valence-corrected chi connectivity index (χ1v) is 13.7. The molecule has 3 aromatic rings. The number of hydrogen-bond acceptors (Lipinski definition) is 6. The molecule has 1 aromatic carbocycles. The number of carbonyl (C=O) groups excluding carboxylic acids is 2. The van der Waals surface area contributed by atoms with Gasteiger partial charge in [0.05, 0.1) is 11.1 Å². The fourth-order valence-electron chi connectivity index (χ4n) is 4.90. The molecule has 0 unspecified atom stereocenters. The van der Waals surface area contributed by atoms with Crippen LogP contribution in [0.25, 0.3) is 10.2 Å². The number of urea groups is 1. The maximum atomic E-state index is 13.7. The quantitative estimate of drug-likeness (QED) is 0.385. The van der Waals surface area contributed by atoms with Crippen LogP contribution in [0.15, 0.2) is 40.3 Å². The van der Waals surface area contributed by atoms with Crippen LogP contribution in [0.4, 0.5) is 4.79 Å². The Labute approximate surface area is 206 Å². The number of amides is 3. The van der Waals surface area contributed by atoms with E-state index in [4.69, 9.17) is 4.98 Å². The van der Waals surface area contributed by atoms with Gasteiger partial charge in [0.25, 0.3) is 5.56 Å². The predicted octanol–water partition coefficient (Wildman–Crippen LogP) is 4.57. The highest BCUT2D eigenvalue weighted by Crippen LogP contribution is 2.37. The standard InChI is InChI=1S/C25H28N4O3S2/c30-20(27-24(32)26-14-16-8-2-1-3-9-16)15-33-25-28-22-21(18-12-6-7-13-19(18)34-22)23(31)29(25)17-10-4-5-11-17/h1-3,8-9,17H,4-7,10-15H2,(H2,26,27,30,32). The van der Waals surface area contributed by atoms with Gasteiger partial charge in [0.2, 0.25) is 5.91 Å². The number of fused-ring (bicyclic) bond motifs is 3. The number of thioether (sulfide) groups is 1. The molecule has 1 saturated carbocycles. The topological polar surface area (TPSA) is 93.1 Å². The first-order valence-electron chi connectivity index (χ1n) is 11.9. The minimum atomic E-state index is -0.531. The summed E-state index contributed by atoms with van der Waals surface area (Å²) in [5.41, 5.74) is 2.19. The number of carbonyl (C=O) groups is 2. The van der Waals surface area contributed by atoms with Gasteiger partial charge >= 0.3 is 6.03 Å². The first kappa shape index (κ1) is 23.1. The van der Waals surface area contributed by atoms with E-state index in [1.54, 1.807) is 11.3 Å². The van der Waals surface area contributed by atoms with Gasteiger partial charge in [-0.1, -0.05) is 54.9 Å². The average molecular weight is 497 g/mol. The van der Waals surface area contributed by atoms with E-state index < -0.39 is 11.9 Å². The van der Waals surface area contributed by atoms with E-state index in [-0.39, 0.29) is 17.4 Å². The summed E-state index contributed by atoms with van der Waals surface area (Å²) in [5.74, 6) is -0.387. The van der Waals surface area contributed by atoms with Crippen LogP contribution >= 0.6 is 23.1 Å². The SMILES string of the molecule is O=C(CSc1nc2sc3c(c2c(=O)n1C1CCCC1)CCCC3)NC(=O)NCc1ccccc1. The van der Waals surface area contributed by atoms with E-state index in [2.05, 4.69) is 10.6 Å². The summed E-state index contributed by atoms with van der Waals surface area (Å²) < 4.78 is 1.84. The summed E-state index contributed by atoms with van der Waals surface area (Å²) in [6, 6.07) is 9.12. The molecule has 0 bridgehead atoms. The van der Waals surface area contributed by atoms with Crippen molar-refractivity contribution in [2.24, 2.45) is 0 Å². The monoisotopic (exact) mass is 496 g/mol. The van der Waals surface area contributed by atoms with E-state index in [9.17, 15) is 14.4 Å². The Hall–Kier alpha value is -2.65. The highest BCUT2D eigenvalue weighted by Gasteiger charge is 2.27. The Morgan fingerprint density at radius 2 is 1.85 bits per heavy atom. The van der Waals surface area contributed by atoms with Gasteiger partial charge in [0.1, 0.15) is 4.83 Å². The minimum absolute atomic E-state index is 0.0223. The Morgan fingerprint density at radius 3 is 2.65 bits per heavy atom. The van der Waals surface area contributed by atoms with Gasteiger partial charge in [-0.25, -0.2) is 9.78 Å². The van der Waals surface area contributed by atoms with Crippen LogP contribution in [0.2, 0.25) is 0 Å². The van der Waals surface area contributed by atoms with Crippen molar-refractivity contribution in [3.05, 3.63) is 56.7 Å². The van der Waals surface area contributed by atoms with Crippen LogP contribution in [-0.4, -0.2) is 27.2 Å². The normalized spacial score (nSPS) is 15.9. The Kier molecular flexibility index (Phi) is 7.01. The molecule has 3 amide bonds. The third-order valence-electron chi connectivity index (χ3n) is 6.56. The van der Waals surface area contributed by atoms with Crippen molar-refractivity contribution >= 4 is 45.3 Å². The molecule has 34 heavy (non-hydrogen) atoms. The Balaban J connectivity index is 1.31. The zero-order valence-electron chi connectivity index (χ0n) is 19.0. The molecule has 0 spiro atoms. The van der Waals surface area contributed by atoms with Crippen LogP contribution in [0, 0.1) is 0 Å². The Bertz CT molecular complexity index is 1260. The molecule has 1 fully saturated rings. The molecular formula is C25H28N4O3S2. The zero-order valence-corrected chi connectivity index (χ0v) is 20.6. The van der Waals surface area contributed by atoms with Gasteiger partial charge in [-0.3, -0.25) is 19.5 Å². The van der Waals surface area contributed by atoms with Crippen LogP contribution in [0.3, 0.4) is 0 Å². The summed E-state index contributed by atoms with van der Waals surface area (Å²) in [6.45, 7) is 0.343. The van der Waals surface area contributed by atoms with Crippen LogP contribution in [0.5, 0.6) is 0 Å². The van der Waals surface area contributed by atoms with Gasteiger partial charge in [-0.15, -0.1) is 11.3 Å². The number of rotatable bonds is 6. The predicted molar refractivity (Wildman–Crippen MR) is 136 cm³/mol. The lowest BCUT2D eigenvalue weighted by atomic mass is 9.97. The zero-order chi connectivity index (χ0) is 23.5. The van der Waals surface area contributed by atoms with Crippen molar-refractivity contribution in [3.63, 3.8) is 0 Å². The number of imide groups is 1. The third kappa shape index (κ3) is 4.90. The molecule has 2 aliphatic carbocycles. The number of nitrogens with one attached hydrogen (secondary N) is 2. The van der Waals surface area contributed by atoms with Crippen molar-refractivity contribution < 1.29 is 9.59 Å². The average Bonchev–Trinajstić information content (AvgIpc) is 3.50. The van der Waals surface area contributed by atoms with Crippen LogP contribution < -0.4 is 16.2 Å². The van der Waals surface area contributed by atoms with Crippen LogP contribution in [-0.2, 0) is 24.2 Å². The van der Waals surface area contributed by atoms with E-state index >= 15 is 0 Å². The lowest BCUT2D eigenvalue weighted by Gasteiger charge is -2.18. The fourth-order valence-corrected chi connectivity index (χ4v) is 7.07. The number of nitrogens with zero attached hydrogens (tertiary/aromatic N) is 2. The molecule has 7 nitrogen and oxygen atoms in total. The van der Waals surface area contributed by atoms with Crippen molar-refractivity contribution in [1.82, 2.24) is 20.2 Å². The fraction of sp³-hybridized carbons (Fsp3) is 0.440. The molecule has 2 aliphatic rings. The van der Waals surface area contributed by atoms with E-state index in [0.29, 0.717) is 11.7 Å². The van der Waals surface area contributed by atoms with Gasteiger partial charge in [-0.2, -0.15) is 0 Å². The molecule has 9 heteroatoms. The third-order valence-corrected chi connectivity index (χ3v) is 8.70. The summed E-state index contributed by atoms with van der Waals surface area (Å²) in [6.07, 6.45) is 8.36. The number of aromatic nitrogens is 2. The highest BCUT2D eigenvalue weighted by molar-refractivity contribution is 7.99. The molecule has 2 heterocycles. The Morgan fingerprint density at radius 1 is 1.09 bits per heavy atom. The highest BCUT2D eigenvalue weighted by atomic mass is 32.2. The number of benzene rings is 1. The number of aryl methyl sites for hydroxylation is 2. The molecule has 2 aromatic heterocycles. The van der Waals surface area contributed by atoms with Crippen molar-refractivity contribution in [2.75, 3.05) is 5.75 Å². The first-order chi connectivity index (χ1) is 16.6. The van der Waals surface area contributed by atoms with Gasteiger partial charge in [0.15, 0.2) is 5.16 Å². The minimum Gasteiger partial charge on any atom is -0.334 e. The second kappa shape index (κ2) is 10.3. The van der Waals surface area contributed by atoms with Crippen LogP contribution in [0.1, 0.15) is 60.6 Å². The maximum Gasteiger partial charge on any atom is 0.321 e. The molecule has 178 valence electrons. The second-order valence-corrected chi connectivity index (χ2v) is 10.9. The molecule has 2 N–H and O–H groups in total. The molecule has 0 radical (unpaired) electrons. The van der Waals surface area contributed by atoms with Gasteiger partial charge in [0, 0.05) is 17.5 Å². The molecule has 0 aliphatic heterocycles. The lowest BCUT2D eigenvalue weighted by Crippen LogP contribution is -2.40. The molecule has 0 saturated heterocycles. The van der Waals surface area contributed by atoms with E-state index in [1.165, 1.54) is 22.2 Å². The smallest absolute Gasteiger partial charge is 0.321 e. The molecule has 0 atom stereocenters. The van der Waals surface area contributed by atoms with Crippen molar-refractivity contribution in [3.8, 4) is 0 Å². The maximum absolute atomic E-state index is 13.7. The van der Waals surface area contributed by atoms with E-state index in [0.717, 1.165) is 67.1 Å². The summed E-state index contributed by atoms with van der Waals surface area (Å²) in [5, 5.41) is 6.45. The van der Waals surface area contributed by atoms with Crippen molar-refractivity contribution in [2.45, 2.75) is 69.1 Å². The molecule has 5 rings (SSSR count). The molecular weight excluding hydrogens is 468 g/mol. The summed E-state index contributed by atoms with van der Waals surface area (Å²) in [7, 11) is 0. The number of thiophene rings is 1.